The minimum atomic E-state index is -0.364. The van der Waals surface area contributed by atoms with Gasteiger partial charge in [0.15, 0.2) is 0 Å². The van der Waals surface area contributed by atoms with Gasteiger partial charge in [-0.05, 0) is 38.7 Å². The maximum Gasteiger partial charge on any atom is 0.127 e. The van der Waals surface area contributed by atoms with Crippen molar-refractivity contribution in [3.8, 4) is 17.3 Å². The number of H-pyrrole nitrogens is 1. The Balaban J connectivity index is 2.00. The molecule has 0 unspecified atom stereocenters. The van der Waals surface area contributed by atoms with Crippen molar-refractivity contribution in [1.82, 2.24) is 9.97 Å². The molecule has 1 N–H and O–H groups in total. The molecular weight excluding hydrogens is 234 g/mol. The average Bonchev–Trinajstić information content (AvgIpc) is 2.78. The van der Waals surface area contributed by atoms with Crippen molar-refractivity contribution in [2.24, 2.45) is 0 Å². The van der Waals surface area contributed by atoms with E-state index in [9.17, 15) is 5.26 Å². The molecule has 0 aliphatic heterocycles. The molecule has 3 rings (SSSR count). The fraction of sp³-hybridized carbons (Fsp3) is 0.375. The zero-order valence-electron chi connectivity index (χ0n) is 11.3. The van der Waals surface area contributed by atoms with Crippen molar-refractivity contribution in [3.05, 3.63) is 41.3 Å². The molecular formula is C16H17N3. The first-order valence-electron chi connectivity index (χ1n) is 6.69. The Labute approximate surface area is 113 Å². The van der Waals surface area contributed by atoms with Gasteiger partial charge in [0, 0.05) is 5.56 Å². The maximum absolute atomic E-state index is 9.35. The van der Waals surface area contributed by atoms with E-state index in [0.717, 1.165) is 36.3 Å². The Kier molecular flexibility index (Phi) is 2.67. The van der Waals surface area contributed by atoms with Gasteiger partial charge in [-0.3, -0.25) is 0 Å². The summed E-state index contributed by atoms with van der Waals surface area (Å²) in [5.74, 6) is 0.830. The molecule has 0 spiro atoms. The van der Waals surface area contributed by atoms with Gasteiger partial charge in [-0.2, -0.15) is 5.26 Å². The molecule has 1 heterocycles. The van der Waals surface area contributed by atoms with E-state index >= 15 is 0 Å². The van der Waals surface area contributed by atoms with Crippen LogP contribution in [0.2, 0.25) is 0 Å². The molecule has 0 amide bonds. The number of nitrogens with one attached hydrogen (secondary N) is 1. The molecule has 96 valence electrons. The summed E-state index contributed by atoms with van der Waals surface area (Å²) < 4.78 is 0. The highest BCUT2D eigenvalue weighted by atomic mass is 14.9. The lowest BCUT2D eigenvalue weighted by Gasteiger charge is -2.32. The van der Waals surface area contributed by atoms with E-state index in [2.05, 4.69) is 48.1 Å². The Morgan fingerprint density at radius 3 is 2.68 bits per heavy atom. The lowest BCUT2D eigenvalue weighted by molar-refractivity contribution is 0.309. The van der Waals surface area contributed by atoms with Gasteiger partial charge in [0.05, 0.1) is 18.0 Å². The standard InChI is InChI=1S/C16H17N3/c1-11-4-5-13(12(2)8-11)14-9-18-15(19-14)16(10-17)6-3-7-16/h4-5,8-9H,3,6-7H2,1-2H3,(H,18,19). The third-order valence-corrected chi connectivity index (χ3v) is 4.12. The number of rotatable bonds is 2. The highest BCUT2D eigenvalue weighted by Crippen LogP contribution is 2.42. The summed E-state index contributed by atoms with van der Waals surface area (Å²) in [5, 5.41) is 9.35. The van der Waals surface area contributed by atoms with Gasteiger partial charge in [0.1, 0.15) is 11.2 Å². The summed E-state index contributed by atoms with van der Waals surface area (Å²) in [5.41, 5.74) is 4.30. The summed E-state index contributed by atoms with van der Waals surface area (Å²) in [4.78, 5) is 7.79. The molecule has 1 aromatic heterocycles. The van der Waals surface area contributed by atoms with E-state index in [4.69, 9.17) is 0 Å². The van der Waals surface area contributed by atoms with E-state index in [1.165, 1.54) is 11.1 Å². The van der Waals surface area contributed by atoms with E-state index in [1.54, 1.807) is 0 Å². The van der Waals surface area contributed by atoms with Crippen LogP contribution in [0.15, 0.2) is 24.4 Å². The number of nitriles is 1. The molecule has 3 heteroatoms. The largest absolute Gasteiger partial charge is 0.341 e. The van der Waals surface area contributed by atoms with Gasteiger partial charge in [0.25, 0.3) is 0 Å². The van der Waals surface area contributed by atoms with Crippen LogP contribution in [0.1, 0.15) is 36.2 Å². The smallest absolute Gasteiger partial charge is 0.127 e. The molecule has 1 aliphatic rings. The molecule has 3 nitrogen and oxygen atoms in total. The highest BCUT2D eigenvalue weighted by molar-refractivity contribution is 5.63. The zero-order chi connectivity index (χ0) is 13.5. The van der Waals surface area contributed by atoms with Crippen molar-refractivity contribution >= 4 is 0 Å². The van der Waals surface area contributed by atoms with E-state index in [0.29, 0.717) is 0 Å². The van der Waals surface area contributed by atoms with Crippen LogP contribution in [0.5, 0.6) is 0 Å². The topological polar surface area (TPSA) is 52.5 Å². The second kappa shape index (κ2) is 4.24. The molecule has 1 saturated carbocycles. The van der Waals surface area contributed by atoms with Crippen LogP contribution in [-0.4, -0.2) is 9.97 Å². The van der Waals surface area contributed by atoms with Crippen LogP contribution in [-0.2, 0) is 5.41 Å². The van der Waals surface area contributed by atoms with Gasteiger partial charge < -0.3 is 4.98 Å². The second-order valence-corrected chi connectivity index (χ2v) is 5.51. The van der Waals surface area contributed by atoms with Gasteiger partial charge in [-0.1, -0.05) is 23.8 Å². The summed E-state index contributed by atoms with van der Waals surface area (Å²) in [7, 11) is 0. The molecule has 0 atom stereocenters. The molecule has 2 aromatic rings. The Morgan fingerprint density at radius 1 is 1.32 bits per heavy atom. The Hall–Kier alpha value is -2.08. The number of benzene rings is 1. The first-order valence-corrected chi connectivity index (χ1v) is 6.69. The lowest BCUT2D eigenvalue weighted by atomic mass is 9.69. The third-order valence-electron chi connectivity index (χ3n) is 4.12. The first-order chi connectivity index (χ1) is 9.14. The first kappa shape index (κ1) is 12.0. The van der Waals surface area contributed by atoms with Gasteiger partial charge >= 0.3 is 0 Å². The predicted octanol–water partition coefficient (Wildman–Crippen LogP) is 3.64. The van der Waals surface area contributed by atoms with Gasteiger partial charge in [-0.15, -0.1) is 0 Å². The summed E-state index contributed by atoms with van der Waals surface area (Å²) >= 11 is 0. The Morgan fingerprint density at radius 2 is 2.11 bits per heavy atom. The number of hydrogen-bond acceptors (Lipinski definition) is 2. The maximum atomic E-state index is 9.35. The lowest BCUT2D eigenvalue weighted by Crippen LogP contribution is -2.33. The number of aryl methyl sites for hydroxylation is 2. The van der Waals surface area contributed by atoms with E-state index < -0.39 is 0 Å². The SMILES string of the molecule is Cc1ccc(-c2cnc(C3(C#N)CCC3)[nH]2)c(C)c1. The number of aromatic nitrogens is 2. The fourth-order valence-electron chi connectivity index (χ4n) is 2.75. The predicted molar refractivity (Wildman–Crippen MR) is 74.6 cm³/mol. The zero-order valence-corrected chi connectivity index (χ0v) is 11.3. The Bertz CT molecular complexity index is 657. The average molecular weight is 251 g/mol. The molecule has 0 saturated heterocycles. The van der Waals surface area contributed by atoms with Crippen molar-refractivity contribution < 1.29 is 0 Å². The highest BCUT2D eigenvalue weighted by Gasteiger charge is 2.41. The van der Waals surface area contributed by atoms with Gasteiger partial charge in [0.2, 0.25) is 0 Å². The molecule has 1 fully saturated rings. The molecule has 0 bridgehead atoms. The van der Waals surface area contributed by atoms with Crippen LogP contribution in [0.25, 0.3) is 11.3 Å². The van der Waals surface area contributed by atoms with Crippen LogP contribution in [0.4, 0.5) is 0 Å². The normalized spacial score (nSPS) is 16.7. The number of nitrogens with zero attached hydrogens (tertiary/aromatic N) is 2. The molecule has 19 heavy (non-hydrogen) atoms. The molecule has 0 radical (unpaired) electrons. The quantitative estimate of drug-likeness (QED) is 0.886. The summed E-state index contributed by atoms with van der Waals surface area (Å²) in [6.45, 7) is 4.19. The summed E-state index contributed by atoms with van der Waals surface area (Å²) in [6, 6.07) is 8.81. The van der Waals surface area contributed by atoms with Gasteiger partial charge in [-0.25, -0.2) is 4.98 Å². The van der Waals surface area contributed by atoms with E-state index in [1.807, 2.05) is 6.20 Å². The van der Waals surface area contributed by atoms with Crippen LogP contribution < -0.4 is 0 Å². The third kappa shape index (κ3) is 1.84. The van der Waals surface area contributed by atoms with Crippen LogP contribution in [0.3, 0.4) is 0 Å². The van der Waals surface area contributed by atoms with Crippen molar-refractivity contribution in [2.45, 2.75) is 38.5 Å². The fourth-order valence-corrected chi connectivity index (χ4v) is 2.75. The van der Waals surface area contributed by atoms with E-state index in [-0.39, 0.29) is 5.41 Å². The minimum Gasteiger partial charge on any atom is -0.341 e. The van der Waals surface area contributed by atoms with Crippen LogP contribution in [0, 0.1) is 25.2 Å². The number of imidazole rings is 1. The van der Waals surface area contributed by atoms with Crippen molar-refractivity contribution in [1.29, 1.82) is 5.26 Å². The molecule has 1 aromatic carbocycles. The van der Waals surface area contributed by atoms with Crippen molar-refractivity contribution in [2.75, 3.05) is 0 Å². The molecule has 1 aliphatic carbocycles. The number of hydrogen-bond donors (Lipinski definition) is 1. The summed E-state index contributed by atoms with van der Waals surface area (Å²) in [6.07, 6.45) is 4.81. The monoisotopic (exact) mass is 251 g/mol. The van der Waals surface area contributed by atoms with Crippen molar-refractivity contribution in [3.63, 3.8) is 0 Å². The number of aromatic amines is 1. The van der Waals surface area contributed by atoms with Crippen LogP contribution >= 0.6 is 0 Å². The minimum absolute atomic E-state index is 0.364. The second-order valence-electron chi connectivity index (χ2n) is 5.51.